The van der Waals surface area contributed by atoms with E-state index in [0.717, 1.165) is 24.0 Å². The number of aryl methyl sites for hydroxylation is 1. The molecule has 0 bridgehead atoms. The van der Waals surface area contributed by atoms with Crippen molar-refractivity contribution >= 4 is 52.6 Å². The molecule has 1 fully saturated rings. The number of hydrogen-bond acceptors (Lipinski definition) is 9. The molecule has 262 valence electrons. The van der Waals surface area contributed by atoms with Crippen molar-refractivity contribution in [2.45, 2.75) is 38.4 Å². The molecule has 4 aromatic rings. The molecule has 1 aromatic heterocycles. The molecule has 5 rings (SSSR count). The highest BCUT2D eigenvalue weighted by molar-refractivity contribution is 6.39. The number of hydrogen-bond donors (Lipinski definition) is 5. The number of carbonyl (C=O) groups is 3. The summed E-state index contributed by atoms with van der Waals surface area (Å²) >= 11 is 6.02. The summed E-state index contributed by atoms with van der Waals surface area (Å²) in [6.45, 7) is 2.50. The first kappa shape index (κ1) is 35.9. The van der Waals surface area contributed by atoms with Gasteiger partial charge < -0.3 is 31.3 Å². The predicted molar refractivity (Wildman–Crippen MR) is 181 cm³/mol. The van der Waals surface area contributed by atoms with Crippen molar-refractivity contribution in [3.8, 4) is 6.01 Å². The minimum atomic E-state index is -4.60. The van der Waals surface area contributed by atoms with Gasteiger partial charge in [-0.3, -0.25) is 14.4 Å². The number of amides is 3. The van der Waals surface area contributed by atoms with Crippen LogP contribution < -0.4 is 31.3 Å². The van der Waals surface area contributed by atoms with Crippen LogP contribution in [-0.2, 0) is 15.1 Å². The second-order valence-electron chi connectivity index (χ2n) is 11.9. The molecular formula is C34H34ClF3N8O4. The van der Waals surface area contributed by atoms with Crippen molar-refractivity contribution in [1.29, 1.82) is 0 Å². The van der Waals surface area contributed by atoms with Crippen molar-refractivity contribution in [2.24, 2.45) is 5.92 Å². The van der Waals surface area contributed by atoms with Gasteiger partial charge in [0.05, 0.1) is 5.54 Å². The lowest BCUT2D eigenvalue weighted by Crippen LogP contribution is -2.40. The number of alkyl halides is 3. The van der Waals surface area contributed by atoms with E-state index in [-0.39, 0.29) is 36.8 Å². The summed E-state index contributed by atoms with van der Waals surface area (Å²) in [6.07, 6.45) is -3.12. The van der Waals surface area contributed by atoms with Gasteiger partial charge in [-0.15, -0.1) is 0 Å². The number of nitrogens with one attached hydrogen (secondary N) is 5. The smallest absolute Gasteiger partial charge is 0.422 e. The first-order valence-electron chi connectivity index (χ1n) is 15.6. The van der Waals surface area contributed by atoms with Crippen molar-refractivity contribution in [1.82, 2.24) is 25.6 Å². The summed E-state index contributed by atoms with van der Waals surface area (Å²) in [5.74, 6) is -2.21. The number of carbonyl (C=O) groups excluding carboxylic acids is 3. The van der Waals surface area contributed by atoms with E-state index in [9.17, 15) is 27.6 Å². The molecule has 1 aliphatic rings. The lowest BCUT2D eigenvalue weighted by molar-refractivity contribution is -0.154. The molecule has 5 N–H and O–H groups in total. The zero-order valence-corrected chi connectivity index (χ0v) is 27.8. The Morgan fingerprint density at radius 1 is 0.840 bits per heavy atom. The normalized spacial score (nSPS) is 13.8. The van der Waals surface area contributed by atoms with Gasteiger partial charge in [-0.1, -0.05) is 48.4 Å². The number of benzene rings is 3. The Labute approximate surface area is 290 Å². The zero-order valence-electron chi connectivity index (χ0n) is 27.0. The monoisotopic (exact) mass is 710 g/mol. The van der Waals surface area contributed by atoms with Crippen molar-refractivity contribution in [3.63, 3.8) is 0 Å². The minimum absolute atomic E-state index is 0.0142. The molecule has 3 aromatic carbocycles. The molecule has 12 nitrogen and oxygen atoms in total. The zero-order chi connectivity index (χ0) is 35.9. The molecule has 50 heavy (non-hydrogen) atoms. The molecule has 0 saturated heterocycles. The molecule has 1 unspecified atom stereocenters. The lowest BCUT2D eigenvalue weighted by atomic mass is 10.1. The minimum Gasteiger partial charge on any atom is -0.454 e. The topological polar surface area (TPSA) is 159 Å². The second kappa shape index (κ2) is 15.4. The number of anilines is 4. The van der Waals surface area contributed by atoms with Gasteiger partial charge in [-0.05, 0) is 79.8 Å². The highest BCUT2D eigenvalue weighted by Gasteiger charge is 2.45. The summed E-state index contributed by atoms with van der Waals surface area (Å²) < 4.78 is 43.5. The van der Waals surface area contributed by atoms with Gasteiger partial charge in [0.25, 0.3) is 5.91 Å². The standard InChI is InChI=1S/C34H34ClF3N8O4/c1-20-3-11-25(12-4-20)41-29(49)28(48)40-18-21(2)17-39-27(47)22-5-13-26(14-6-22)42-30-43-31(45-32(44-30)50-19-34(36,37)38)46-33(15-16-33)23-7-9-24(35)10-8-23/h3-14,21H,15-19H2,1-2H3,(H,39,47)(H,40,48)(H,41,49)(H2,42,43,44,45,46). The maximum atomic E-state index is 12.9. The van der Waals surface area contributed by atoms with Gasteiger partial charge in [-0.2, -0.15) is 28.1 Å². The van der Waals surface area contributed by atoms with E-state index in [1.54, 1.807) is 55.5 Å². The van der Waals surface area contributed by atoms with Crippen LogP contribution in [-0.4, -0.2) is 58.5 Å². The Morgan fingerprint density at radius 2 is 1.46 bits per heavy atom. The molecule has 3 amide bonds. The van der Waals surface area contributed by atoms with Crippen LogP contribution in [0.25, 0.3) is 0 Å². The fraction of sp³-hybridized carbons (Fsp3) is 0.294. The molecule has 1 saturated carbocycles. The number of ether oxygens (including phenoxy) is 1. The fourth-order valence-electron chi connectivity index (χ4n) is 4.72. The van der Waals surface area contributed by atoms with E-state index < -0.39 is 36.1 Å². The molecular weight excluding hydrogens is 677 g/mol. The fourth-order valence-corrected chi connectivity index (χ4v) is 4.85. The van der Waals surface area contributed by atoms with Crippen molar-refractivity contribution in [2.75, 3.05) is 35.6 Å². The van der Waals surface area contributed by atoms with Crippen LogP contribution in [0.5, 0.6) is 6.01 Å². The Kier molecular flexibility index (Phi) is 11.0. The Morgan fingerprint density at radius 3 is 2.10 bits per heavy atom. The summed E-state index contributed by atoms with van der Waals surface area (Å²) in [5, 5.41) is 14.6. The van der Waals surface area contributed by atoms with Crippen LogP contribution in [0.2, 0.25) is 5.02 Å². The van der Waals surface area contributed by atoms with Crippen molar-refractivity contribution in [3.05, 3.63) is 94.5 Å². The van der Waals surface area contributed by atoms with Gasteiger partial charge in [0.15, 0.2) is 6.61 Å². The molecule has 16 heteroatoms. The van der Waals surface area contributed by atoms with E-state index in [1.165, 1.54) is 0 Å². The third-order valence-electron chi connectivity index (χ3n) is 7.62. The summed E-state index contributed by atoms with van der Waals surface area (Å²) in [4.78, 5) is 49.5. The molecule has 0 aliphatic heterocycles. The number of rotatable bonds is 13. The SMILES string of the molecule is Cc1ccc(NC(=O)C(=O)NCC(C)CNC(=O)c2ccc(Nc3nc(NC4(c5ccc(Cl)cc5)CC4)nc(OCC(F)(F)F)n3)cc2)cc1. The number of halogens is 4. The second-order valence-corrected chi connectivity index (χ2v) is 12.4. The van der Waals surface area contributed by atoms with Crippen LogP contribution >= 0.6 is 11.6 Å². The van der Waals surface area contributed by atoms with Gasteiger partial charge in [0, 0.05) is 35.1 Å². The van der Waals surface area contributed by atoms with Crippen LogP contribution in [0.4, 0.5) is 36.4 Å². The van der Waals surface area contributed by atoms with E-state index in [1.807, 2.05) is 31.2 Å². The van der Waals surface area contributed by atoms with Gasteiger partial charge >= 0.3 is 24.0 Å². The van der Waals surface area contributed by atoms with Crippen LogP contribution in [0, 0.1) is 12.8 Å². The molecule has 0 spiro atoms. The molecule has 0 radical (unpaired) electrons. The quantitative estimate of drug-likeness (QED) is 0.109. The molecule has 1 aliphatic carbocycles. The maximum Gasteiger partial charge on any atom is 0.422 e. The van der Waals surface area contributed by atoms with E-state index in [0.29, 0.717) is 22.0 Å². The summed E-state index contributed by atoms with van der Waals surface area (Å²) in [5.41, 5.74) is 2.70. The lowest BCUT2D eigenvalue weighted by Gasteiger charge is -2.19. The largest absolute Gasteiger partial charge is 0.454 e. The molecule has 1 atom stereocenters. The molecule has 1 heterocycles. The maximum absolute atomic E-state index is 12.9. The highest BCUT2D eigenvalue weighted by atomic mass is 35.5. The van der Waals surface area contributed by atoms with Crippen LogP contribution in [0.1, 0.15) is 41.3 Å². The predicted octanol–water partition coefficient (Wildman–Crippen LogP) is 5.74. The Bertz CT molecular complexity index is 1820. The van der Waals surface area contributed by atoms with Gasteiger partial charge in [0.1, 0.15) is 0 Å². The van der Waals surface area contributed by atoms with Gasteiger partial charge in [0.2, 0.25) is 11.9 Å². The first-order valence-corrected chi connectivity index (χ1v) is 16.0. The van der Waals surface area contributed by atoms with E-state index >= 15 is 0 Å². The Hall–Kier alpha value is -5.44. The number of aromatic nitrogens is 3. The highest BCUT2D eigenvalue weighted by Crippen LogP contribution is 2.48. The third kappa shape index (κ3) is 10.3. The third-order valence-corrected chi connectivity index (χ3v) is 7.87. The first-order chi connectivity index (χ1) is 23.8. The van der Waals surface area contributed by atoms with E-state index in [2.05, 4.69) is 41.5 Å². The number of nitrogens with zero attached hydrogens (tertiary/aromatic N) is 3. The average molecular weight is 711 g/mol. The average Bonchev–Trinajstić information content (AvgIpc) is 3.86. The van der Waals surface area contributed by atoms with E-state index in [4.69, 9.17) is 16.3 Å². The van der Waals surface area contributed by atoms with Crippen LogP contribution in [0.3, 0.4) is 0 Å². The van der Waals surface area contributed by atoms with Gasteiger partial charge in [-0.25, -0.2) is 0 Å². The summed E-state index contributed by atoms with van der Waals surface area (Å²) in [7, 11) is 0. The van der Waals surface area contributed by atoms with Crippen LogP contribution in [0.15, 0.2) is 72.8 Å². The summed E-state index contributed by atoms with van der Waals surface area (Å²) in [6, 6.07) is 19.9. The Balaban J connectivity index is 1.15. The van der Waals surface area contributed by atoms with Crippen molar-refractivity contribution < 1.29 is 32.3 Å².